The largest absolute Gasteiger partial charge is 0.470 e. The van der Waals surface area contributed by atoms with Crippen LogP contribution >= 0.6 is 11.3 Å². The summed E-state index contributed by atoms with van der Waals surface area (Å²) >= 11 is 1.56. The van der Waals surface area contributed by atoms with Gasteiger partial charge in [-0.15, -0.1) is 11.3 Å². The highest BCUT2D eigenvalue weighted by molar-refractivity contribution is 7.09. The SMILES string of the molecule is c1csc(COc2ccc3[nH]cnc3n2)n1. The van der Waals surface area contributed by atoms with E-state index in [1.807, 2.05) is 17.5 Å². The normalized spacial score (nSPS) is 10.8. The number of rotatable bonds is 3. The molecule has 6 heteroatoms. The number of H-pyrrole nitrogens is 1. The van der Waals surface area contributed by atoms with Crippen LogP contribution in [0.2, 0.25) is 0 Å². The number of imidazole rings is 1. The zero-order valence-corrected chi connectivity index (χ0v) is 9.07. The minimum absolute atomic E-state index is 0.445. The molecular formula is C10H8N4OS. The van der Waals surface area contributed by atoms with Gasteiger partial charge in [-0.1, -0.05) is 0 Å². The molecule has 0 atom stereocenters. The van der Waals surface area contributed by atoms with Gasteiger partial charge in [0.15, 0.2) is 5.65 Å². The van der Waals surface area contributed by atoms with Crippen molar-refractivity contribution in [2.75, 3.05) is 0 Å². The van der Waals surface area contributed by atoms with Crippen LogP contribution in [0.5, 0.6) is 5.88 Å². The van der Waals surface area contributed by atoms with Gasteiger partial charge in [-0.25, -0.2) is 9.97 Å². The minimum atomic E-state index is 0.445. The van der Waals surface area contributed by atoms with Crippen LogP contribution in [0.1, 0.15) is 5.01 Å². The Kier molecular flexibility index (Phi) is 2.26. The van der Waals surface area contributed by atoms with Crippen LogP contribution in [0.15, 0.2) is 30.0 Å². The summed E-state index contributed by atoms with van der Waals surface area (Å²) in [4.78, 5) is 15.4. The standard InChI is InChI=1S/C10H8N4OS/c1-2-8(14-10-7(1)12-6-13-10)15-5-9-11-3-4-16-9/h1-4,6H,5H2,(H,12,13,14). The lowest BCUT2D eigenvalue weighted by Crippen LogP contribution is -1.96. The number of aromatic amines is 1. The minimum Gasteiger partial charge on any atom is -0.470 e. The fourth-order valence-electron chi connectivity index (χ4n) is 1.35. The molecule has 0 bridgehead atoms. The average Bonchev–Trinajstić information content (AvgIpc) is 2.97. The molecule has 0 aliphatic rings. The van der Waals surface area contributed by atoms with Gasteiger partial charge in [0.2, 0.25) is 5.88 Å². The van der Waals surface area contributed by atoms with Gasteiger partial charge in [0.05, 0.1) is 11.8 Å². The maximum atomic E-state index is 5.51. The fourth-order valence-corrected chi connectivity index (χ4v) is 1.87. The van der Waals surface area contributed by atoms with Crippen molar-refractivity contribution in [3.63, 3.8) is 0 Å². The fraction of sp³-hybridized carbons (Fsp3) is 0.100. The predicted molar refractivity (Wildman–Crippen MR) is 60.3 cm³/mol. The number of nitrogens with zero attached hydrogens (tertiary/aromatic N) is 3. The molecule has 5 nitrogen and oxygen atoms in total. The van der Waals surface area contributed by atoms with Gasteiger partial charge in [0, 0.05) is 17.6 Å². The lowest BCUT2D eigenvalue weighted by molar-refractivity contribution is 0.294. The van der Waals surface area contributed by atoms with Crippen LogP contribution in [-0.4, -0.2) is 19.9 Å². The van der Waals surface area contributed by atoms with E-state index in [2.05, 4.69) is 19.9 Å². The maximum Gasteiger partial charge on any atom is 0.215 e. The molecule has 0 saturated carbocycles. The predicted octanol–water partition coefficient (Wildman–Crippen LogP) is 1.99. The van der Waals surface area contributed by atoms with Crippen molar-refractivity contribution in [1.82, 2.24) is 19.9 Å². The molecule has 0 aromatic carbocycles. The van der Waals surface area contributed by atoms with Crippen molar-refractivity contribution in [3.8, 4) is 5.88 Å². The second-order valence-corrected chi connectivity index (χ2v) is 4.12. The summed E-state index contributed by atoms with van der Waals surface area (Å²) in [5, 5.41) is 2.85. The van der Waals surface area contributed by atoms with Gasteiger partial charge in [-0.3, -0.25) is 0 Å². The molecule has 3 aromatic heterocycles. The number of nitrogens with one attached hydrogen (secondary N) is 1. The molecule has 3 aromatic rings. The number of hydrogen-bond donors (Lipinski definition) is 1. The third kappa shape index (κ3) is 1.74. The summed E-state index contributed by atoms with van der Waals surface area (Å²) in [5.41, 5.74) is 1.57. The Labute approximate surface area is 95.2 Å². The number of fused-ring (bicyclic) bond motifs is 1. The Morgan fingerprint density at radius 3 is 3.19 bits per heavy atom. The molecule has 0 amide bonds. The van der Waals surface area contributed by atoms with Crippen LogP contribution in [0.25, 0.3) is 11.2 Å². The van der Waals surface area contributed by atoms with E-state index in [1.165, 1.54) is 0 Å². The van der Waals surface area contributed by atoms with Gasteiger partial charge in [0.25, 0.3) is 0 Å². The van der Waals surface area contributed by atoms with Crippen molar-refractivity contribution in [2.45, 2.75) is 6.61 Å². The summed E-state index contributed by atoms with van der Waals surface area (Å²) in [6.45, 7) is 0.445. The van der Waals surface area contributed by atoms with Gasteiger partial charge in [-0.2, -0.15) is 4.98 Å². The summed E-state index contributed by atoms with van der Waals surface area (Å²) in [5.74, 6) is 0.565. The van der Waals surface area contributed by atoms with Gasteiger partial charge in [0.1, 0.15) is 11.6 Å². The highest BCUT2D eigenvalue weighted by Gasteiger charge is 2.02. The first-order chi connectivity index (χ1) is 7.92. The van der Waals surface area contributed by atoms with Crippen LogP contribution in [0.4, 0.5) is 0 Å². The van der Waals surface area contributed by atoms with E-state index in [0.717, 1.165) is 10.5 Å². The molecule has 0 spiro atoms. The molecule has 0 aliphatic carbocycles. The zero-order chi connectivity index (χ0) is 10.8. The Hall–Kier alpha value is -1.95. The number of pyridine rings is 1. The Bertz CT molecular complexity index is 590. The summed E-state index contributed by atoms with van der Waals surface area (Å²) in [7, 11) is 0. The average molecular weight is 232 g/mol. The van der Waals surface area contributed by atoms with E-state index in [9.17, 15) is 0 Å². The molecule has 3 rings (SSSR count). The summed E-state index contributed by atoms with van der Waals surface area (Å²) in [6.07, 6.45) is 3.37. The molecule has 0 aliphatic heterocycles. The molecule has 16 heavy (non-hydrogen) atoms. The van der Waals surface area contributed by atoms with Gasteiger partial charge >= 0.3 is 0 Å². The third-order valence-electron chi connectivity index (χ3n) is 2.08. The van der Waals surface area contributed by atoms with E-state index >= 15 is 0 Å². The van der Waals surface area contributed by atoms with E-state index < -0.39 is 0 Å². The van der Waals surface area contributed by atoms with Crippen LogP contribution < -0.4 is 4.74 Å². The number of ether oxygens (including phenoxy) is 1. The Morgan fingerprint density at radius 2 is 2.31 bits per heavy atom. The Morgan fingerprint density at radius 1 is 1.31 bits per heavy atom. The first-order valence-corrected chi connectivity index (χ1v) is 5.61. The number of hydrogen-bond acceptors (Lipinski definition) is 5. The lowest BCUT2D eigenvalue weighted by Gasteiger charge is -2.01. The second-order valence-electron chi connectivity index (χ2n) is 3.14. The first-order valence-electron chi connectivity index (χ1n) is 4.73. The summed E-state index contributed by atoms with van der Waals surface area (Å²) in [6, 6.07) is 3.71. The molecule has 3 heterocycles. The van der Waals surface area contributed by atoms with E-state index in [1.54, 1.807) is 23.9 Å². The van der Waals surface area contributed by atoms with Crippen molar-refractivity contribution in [1.29, 1.82) is 0 Å². The molecule has 0 fully saturated rings. The van der Waals surface area contributed by atoms with Crippen molar-refractivity contribution >= 4 is 22.5 Å². The van der Waals surface area contributed by atoms with Crippen LogP contribution in [-0.2, 0) is 6.61 Å². The Balaban J connectivity index is 1.78. The molecule has 0 saturated heterocycles. The van der Waals surface area contributed by atoms with Crippen LogP contribution in [0, 0.1) is 0 Å². The van der Waals surface area contributed by atoms with E-state index in [0.29, 0.717) is 18.1 Å². The number of aromatic nitrogens is 4. The van der Waals surface area contributed by atoms with Crippen molar-refractivity contribution in [3.05, 3.63) is 35.0 Å². The van der Waals surface area contributed by atoms with Crippen LogP contribution in [0.3, 0.4) is 0 Å². The monoisotopic (exact) mass is 232 g/mol. The molecule has 80 valence electrons. The van der Waals surface area contributed by atoms with Crippen molar-refractivity contribution in [2.24, 2.45) is 0 Å². The molecule has 0 unspecified atom stereocenters. The topological polar surface area (TPSA) is 63.7 Å². The molecule has 0 radical (unpaired) electrons. The third-order valence-corrected chi connectivity index (χ3v) is 2.84. The van der Waals surface area contributed by atoms with E-state index in [4.69, 9.17) is 4.74 Å². The zero-order valence-electron chi connectivity index (χ0n) is 8.25. The van der Waals surface area contributed by atoms with Crippen molar-refractivity contribution < 1.29 is 4.74 Å². The second kappa shape index (κ2) is 3.90. The first kappa shape index (κ1) is 9.29. The number of thiazole rings is 1. The molecular weight excluding hydrogens is 224 g/mol. The highest BCUT2D eigenvalue weighted by Crippen LogP contribution is 2.14. The lowest BCUT2D eigenvalue weighted by atomic mass is 10.4. The van der Waals surface area contributed by atoms with Gasteiger partial charge in [-0.05, 0) is 6.07 Å². The summed E-state index contributed by atoms with van der Waals surface area (Å²) < 4.78 is 5.51. The molecule has 1 N–H and O–H groups in total. The van der Waals surface area contributed by atoms with Gasteiger partial charge < -0.3 is 9.72 Å². The quantitative estimate of drug-likeness (QED) is 0.750. The highest BCUT2D eigenvalue weighted by atomic mass is 32.1. The smallest absolute Gasteiger partial charge is 0.215 e. The maximum absolute atomic E-state index is 5.51. The van der Waals surface area contributed by atoms with E-state index in [-0.39, 0.29) is 0 Å².